The van der Waals surface area contributed by atoms with E-state index in [0.29, 0.717) is 22.6 Å². The van der Waals surface area contributed by atoms with Crippen LogP contribution in [0.4, 0.5) is 0 Å². The zero-order chi connectivity index (χ0) is 19.2. The van der Waals surface area contributed by atoms with Gasteiger partial charge in [0, 0.05) is 17.3 Å². The molecule has 0 bridgehead atoms. The Kier molecular flexibility index (Phi) is 6.53. The Hall–Kier alpha value is -2.31. The van der Waals surface area contributed by atoms with Gasteiger partial charge in [0.25, 0.3) is 0 Å². The third kappa shape index (κ3) is 5.34. The van der Waals surface area contributed by atoms with Gasteiger partial charge in [0.05, 0.1) is 5.75 Å². The number of thioether (sulfide) groups is 1. The van der Waals surface area contributed by atoms with Crippen LogP contribution in [-0.4, -0.2) is 26.4 Å². The molecule has 0 unspecified atom stereocenters. The van der Waals surface area contributed by atoms with Gasteiger partial charge in [-0.15, -0.1) is 10.2 Å². The average Bonchev–Trinajstić information content (AvgIpc) is 3.13. The van der Waals surface area contributed by atoms with E-state index in [1.54, 1.807) is 6.33 Å². The highest BCUT2D eigenvalue weighted by molar-refractivity contribution is 7.99. The maximum atomic E-state index is 12.1. The molecule has 0 spiro atoms. The third-order valence-corrected chi connectivity index (χ3v) is 5.24. The van der Waals surface area contributed by atoms with E-state index in [9.17, 15) is 4.79 Å². The van der Waals surface area contributed by atoms with Crippen molar-refractivity contribution in [3.63, 3.8) is 0 Å². The fourth-order valence-corrected chi connectivity index (χ4v) is 3.52. The quantitative estimate of drug-likeness (QED) is 0.595. The summed E-state index contributed by atoms with van der Waals surface area (Å²) in [5, 5.41) is 12.4. The molecule has 7 heteroatoms. The summed E-state index contributed by atoms with van der Waals surface area (Å²) in [5.74, 6) is 0.685. The van der Waals surface area contributed by atoms with Crippen molar-refractivity contribution in [2.75, 3.05) is 5.75 Å². The van der Waals surface area contributed by atoms with E-state index >= 15 is 0 Å². The summed E-state index contributed by atoms with van der Waals surface area (Å²) in [6.45, 7) is 4.78. The van der Waals surface area contributed by atoms with Gasteiger partial charge in [-0.1, -0.05) is 61.5 Å². The SMILES string of the molecule is CC(C)c1ccc(-n2cnnc2SCC(=O)NCc2cccc(Cl)c2)cc1. The largest absolute Gasteiger partial charge is 0.351 e. The molecule has 1 amide bonds. The number of nitrogens with one attached hydrogen (secondary N) is 1. The fourth-order valence-electron chi connectivity index (χ4n) is 2.55. The van der Waals surface area contributed by atoms with Crippen LogP contribution in [0.25, 0.3) is 5.69 Å². The van der Waals surface area contributed by atoms with Crippen LogP contribution in [0.1, 0.15) is 30.9 Å². The molecule has 1 aromatic heterocycles. The second-order valence-corrected chi connectivity index (χ2v) is 7.80. The maximum Gasteiger partial charge on any atom is 0.230 e. The van der Waals surface area contributed by atoms with Crippen molar-refractivity contribution in [3.8, 4) is 5.69 Å². The molecule has 1 heterocycles. The van der Waals surface area contributed by atoms with Gasteiger partial charge in [0.15, 0.2) is 5.16 Å². The highest BCUT2D eigenvalue weighted by Crippen LogP contribution is 2.21. The zero-order valence-electron chi connectivity index (χ0n) is 15.2. The van der Waals surface area contributed by atoms with E-state index in [4.69, 9.17) is 11.6 Å². The lowest BCUT2D eigenvalue weighted by Crippen LogP contribution is -2.24. The molecule has 0 radical (unpaired) electrons. The molecule has 0 atom stereocenters. The smallest absolute Gasteiger partial charge is 0.230 e. The fraction of sp³-hybridized carbons (Fsp3) is 0.250. The second kappa shape index (κ2) is 9.06. The molecule has 3 aromatic rings. The van der Waals surface area contributed by atoms with Crippen LogP contribution in [-0.2, 0) is 11.3 Å². The van der Waals surface area contributed by atoms with Crippen molar-refractivity contribution in [1.82, 2.24) is 20.1 Å². The minimum Gasteiger partial charge on any atom is -0.351 e. The lowest BCUT2D eigenvalue weighted by Gasteiger charge is -2.09. The van der Waals surface area contributed by atoms with E-state index in [0.717, 1.165) is 11.3 Å². The number of amides is 1. The first-order valence-corrected chi connectivity index (χ1v) is 10.0. The predicted molar refractivity (Wildman–Crippen MR) is 109 cm³/mol. The number of hydrogen-bond acceptors (Lipinski definition) is 4. The Labute approximate surface area is 168 Å². The molecule has 140 valence electrons. The standard InChI is InChI=1S/C20H21ClN4OS/c1-14(2)16-6-8-18(9-7-16)25-13-23-24-20(25)27-12-19(26)22-11-15-4-3-5-17(21)10-15/h3-10,13-14H,11-12H2,1-2H3,(H,22,26). The minimum absolute atomic E-state index is 0.0651. The Bertz CT molecular complexity index is 908. The number of hydrogen-bond donors (Lipinski definition) is 1. The number of carbonyl (C=O) groups is 1. The number of nitrogens with zero attached hydrogens (tertiary/aromatic N) is 3. The first kappa shape index (κ1) is 19.5. The highest BCUT2D eigenvalue weighted by Gasteiger charge is 2.10. The number of benzene rings is 2. The number of aromatic nitrogens is 3. The molecular formula is C20H21ClN4OS. The van der Waals surface area contributed by atoms with Gasteiger partial charge in [-0.05, 0) is 41.3 Å². The van der Waals surface area contributed by atoms with Gasteiger partial charge in [-0.2, -0.15) is 0 Å². The van der Waals surface area contributed by atoms with Gasteiger partial charge < -0.3 is 5.32 Å². The predicted octanol–water partition coefficient (Wildman–Crippen LogP) is 4.45. The topological polar surface area (TPSA) is 59.8 Å². The van der Waals surface area contributed by atoms with Gasteiger partial charge in [-0.3, -0.25) is 9.36 Å². The van der Waals surface area contributed by atoms with Gasteiger partial charge in [0.1, 0.15) is 6.33 Å². The first-order chi connectivity index (χ1) is 13.0. The molecule has 0 aliphatic heterocycles. The number of rotatable bonds is 7. The van der Waals surface area contributed by atoms with Gasteiger partial charge >= 0.3 is 0 Å². The second-order valence-electron chi connectivity index (χ2n) is 6.43. The number of halogens is 1. The van der Waals surface area contributed by atoms with Crippen LogP contribution < -0.4 is 5.32 Å². The third-order valence-electron chi connectivity index (χ3n) is 4.07. The van der Waals surface area contributed by atoms with Crippen LogP contribution in [0.2, 0.25) is 5.02 Å². The summed E-state index contributed by atoms with van der Waals surface area (Å²) in [6.07, 6.45) is 1.66. The molecule has 0 fully saturated rings. The van der Waals surface area contributed by atoms with E-state index in [2.05, 4.69) is 41.5 Å². The summed E-state index contributed by atoms with van der Waals surface area (Å²) in [6, 6.07) is 15.7. The molecular weight excluding hydrogens is 380 g/mol. The number of carbonyl (C=O) groups excluding carboxylic acids is 1. The highest BCUT2D eigenvalue weighted by atomic mass is 35.5. The lowest BCUT2D eigenvalue weighted by atomic mass is 10.0. The van der Waals surface area contributed by atoms with E-state index in [-0.39, 0.29) is 11.7 Å². The lowest BCUT2D eigenvalue weighted by molar-refractivity contribution is -0.118. The normalized spacial score (nSPS) is 11.0. The Morgan fingerprint density at radius 1 is 1.22 bits per heavy atom. The summed E-state index contributed by atoms with van der Waals surface area (Å²) in [5.41, 5.74) is 3.22. The van der Waals surface area contributed by atoms with Gasteiger partial charge in [0.2, 0.25) is 5.91 Å². The summed E-state index contributed by atoms with van der Waals surface area (Å²) in [4.78, 5) is 12.1. The van der Waals surface area contributed by atoms with Crippen molar-refractivity contribution in [2.24, 2.45) is 0 Å². The van der Waals surface area contributed by atoms with E-state index < -0.39 is 0 Å². The van der Waals surface area contributed by atoms with Crippen LogP contribution in [0.3, 0.4) is 0 Å². The summed E-state index contributed by atoms with van der Waals surface area (Å²) >= 11 is 7.31. The minimum atomic E-state index is -0.0651. The van der Waals surface area contributed by atoms with Crippen molar-refractivity contribution >= 4 is 29.3 Å². The monoisotopic (exact) mass is 400 g/mol. The maximum absolute atomic E-state index is 12.1. The van der Waals surface area contributed by atoms with Crippen LogP contribution in [0, 0.1) is 0 Å². The first-order valence-electron chi connectivity index (χ1n) is 8.67. The van der Waals surface area contributed by atoms with Crippen LogP contribution >= 0.6 is 23.4 Å². The Morgan fingerprint density at radius 3 is 2.70 bits per heavy atom. The molecule has 27 heavy (non-hydrogen) atoms. The Morgan fingerprint density at radius 2 is 2.00 bits per heavy atom. The Balaban J connectivity index is 1.57. The van der Waals surface area contributed by atoms with Crippen molar-refractivity contribution < 1.29 is 4.79 Å². The van der Waals surface area contributed by atoms with Crippen molar-refractivity contribution in [1.29, 1.82) is 0 Å². The zero-order valence-corrected chi connectivity index (χ0v) is 16.8. The summed E-state index contributed by atoms with van der Waals surface area (Å²) in [7, 11) is 0. The van der Waals surface area contributed by atoms with Crippen LogP contribution in [0.15, 0.2) is 60.0 Å². The van der Waals surface area contributed by atoms with E-state index in [1.165, 1.54) is 17.3 Å². The van der Waals surface area contributed by atoms with Crippen LogP contribution in [0.5, 0.6) is 0 Å². The molecule has 0 aliphatic rings. The molecule has 5 nitrogen and oxygen atoms in total. The molecule has 0 saturated heterocycles. The molecule has 3 rings (SSSR count). The molecule has 0 saturated carbocycles. The molecule has 0 aliphatic carbocycles. The summed E-state index contributed by atoms with van der Waals surface area (Å²) < 4.78 is 1.89. The molecule has 2 aromatic carbocycles. The van der Waals surface area contributed by atoms with Crippen molar-refractivity contribution in [2.45, 2.75) is 31.5 Å². The van der Waals surface area contributed by atoms with Crippen molar-refractivity contribution in [3.05, 3.63) is 71.0 Å². The average molecular weight is 401 g/mol. The molecule has 1 N–H and O–H groups in total. The van der Waals surface area contributed by atoms with E-state index in [1.807, 2.05) is 41.0 Å². The van der Waals surface area contributed by atoms with Gasteiger partial charge in [-0.25, -0.2) is 0 Å².